The summed E-state index contributed by atoms with van der Waals surface area (Å²) in [5.41, 5.74) is 9.62. The minimum atomic E-state index is -0.343. The Morgan fingerprint density at radius 3 is 2.35 bits per heavy atom. The molecule has 0 spiro atoms. The molecule has 0 radical (unpaired) electrons. The highest BCUT2D eigenvalue weighted by atomic mass is 19.1. The third kappa shape index (κ3) is 2.68. The van der Waals surface area contributed by atoms with E-state index in [-0.39, 0.29) is 11.9 Å². The van der Waals surface area contributed by atoms with Crippen molar-refractivity contribution >= 4 is 11.4 Å². The van der Waals surface area contributed by atoms with Crippen LogP contribution in [-0.2, 0) is 0 Å². The van der Waals surface area contributed by atoms with Gasteiger partial charge in [0, 0.05) is 29.5 Å². The first-order chi connectivity index (χ1) is 9.56. The summed E-state index contributed by atoms with van der Waals surface area (Å²) in [5.74, 6) is -0.246. The number of nitrogens with zero attached hydrogens (tertiary/aromatic N) is 1. The van der Waals surface area contributed by atoms with E-state index in [0.29, 0.717) is 5.56 Å². The molecule has 1 atom stereocenters. The number of rotatable bonds is 4. The fourth-order valence-electron chi connectivity index (χ4n) is 2.55. The Bertz CT molecular complexity index is 593. The number of hydrogen-bond acceptors (Lipinski definition) is 2. The molecule has 2 aromatic rings. The van der Waals surface area contributed by atoms with E-state index in [2.05, 4.69) is 30.9 Å². The Labute approximate surface area is 120 Å². The van der Waals surface area contributed by atoms with Gasteiger partial charge >= 0.3 is 0 Å². The number of para-hydroxylation sites is 1. The Kier molecular flexibility index (Phi) is 4.40. The lowest BCUT2D eigenvalue weighted by Crippen LogP contribution is -2.21. The van der Waals surface area contributed by atoms with Crippen molar-refractivity contribution < 1.29 is 4.39 Å². The van der Waals surface area contributed by atoms with Gasteiger partial charge in [0.1, 0.15) is 5.82 Å². The van der Waals surface area contributed by atoms with E-state index in [1.165, 1.54) is 6.07 Å². The summed E-state index contributed by atoms with van der Waals surface area (Å²) in [6.45, 7) is 6.69. The third-order valence-electron chi connectivity index (χ3n) is 3.50. The topological polar surface area (TPSA) is 29.3 Å². The second-order valence-corrected chi connectivity index (χ2v) is 4.99. The van der Waals surface area contributed by atoms with Crippen molar-refractivity contribution in [1.82, 2.24) is 0 Å². The van der Waals surface area contributed by atoms with Crippen LogP contribution in [0.15, 0.2) is 42.5 Å². The minimum Gasteiger partial charge on any atom is -0.341 e. The number of hydrogen-bond donors (Lipinski definition) is 1. The quantitative estimate of drug-likeness (QED) is 0.898. The van der Waals surface area contributed by atoms with Crippen molar-refractivity contribution in [3.63, 3.8) is 0 Å². The molecule has 106 valence electrons. The molecule has 2 aromatic carbocycles. The first-order valence-corrected chi connectivity index (χ1v) is 6.93. The van der Waals surface area contributed by atoms with Crippen molar-refractivity contribution in [3.8, 4) is 0 Å². The number of aryl methyl sites for hydroxylation is 1. The number of benzene rings is 2. The lowest BCUT2D eigenvalue weighted by atomic mass is 10.0. The van der Waals surface area contributed by atoms with Crippen LogP contribution >= 0.6 is 0 Å². The van der Waals surface area contributed by atoms with Gasteiger partial charge in [0.25, 0.3) is 0 Å². The molecule has 0 saturated carbocycles. The predicted octanol–water partition coefficient (Wildman–Crippen LogP) is 4.31. The highest BCUT2D eigenvalue weighted by Gasteiger charge is 2.18. The zero-order valence-corrected chi connectivity index (χ0v) is 12.2. The minimum absolute atomic E-state index is 0.246. The molecule has 2 nitrogen and oxygen atoms in total. The standard InChI is InChI=1S/C17H21FN2/c1-4-20(15-10-6-5-8-12(15)2)16-11-7-9-14(18)17(16)13(3)19/h5-11,13H,4,19H2,1-3H3. The zero-order valence-electron chi connectivity index (χ0n) is 12.2. The number of nitrogens with two attached hydrogens (primary N) is 1. The van der Waals surface area contributed by atoms with Crippen LogP contribution in [0.4, 0.5) is 15.8 Å². The fourth-order valence-corrected chi connectivity index (χ4v) is 2.55. The first-order valence-electron chi connectivity index (χ1n) is 6.93. The summed E-state index contributed by atoms with van der Waals surface area (Å²) in [5, 5.41) is 0. The third-order valence-corrected chi connectivity index (χ3v) is 3.50. The van der Waals surface area contributed by atoms with Crippen LogP contribution in [0.2, 0.25) is 0 Å². The van der Waals surface area contributed by atoms with Gasteiger partial charge in [0.05, 0.1) is 0 Å². The second kappa shape index (κ2) is 6.06. The molecule has 3 heteroatoms. The summed E-state index contributed by atoms with van der Waals surface area (Å²) in [4.78, 5) is 2.11. The lowest BCUT2D eigenvalue weighted by Gasteiger charge is -2.28. The molecule has 20 heavy (non-hydrogen) atoms. The van der Waals surface area contributed by atoms with E-state index in [1.807, 2.05) is 25.1 Å². The second-order valence-electron chi connectivity index (χ2n) is 4.99. The maximum atomic E-state index is 14.1. The van der Waals surface area contributed by atoms with Crippen molar-refractivity contribution in [2.24, 2.45) is 5.73 Å². The van der Waals surface area contributed by atoms with Crippen molar-refractivity contribution in [1.29, 1.82) is 0 Å². The van der Waals surface area contributed by atoms with Gasteiger partial charge in [-0.05, 0) is 44.5 Å². The van der Waals surface area contributed by atoms with E-state index in [9.17, 15) is 4.39 Å². The van der Waals surface area contributed by atoms with Gasteiger partial charge in [0.15, 0.2) is 0 Å². The van der Waals surface area contributed by atoms with Crippen LogP contribution in [-0.4, -0.2) is 6.54 Å². The van der Waals surface area contributed by atoms with Gasteiger partial charge in [0.2, 0.25) is 0 Å². The first kappa shape index (κ1) is 14.5. The summed E-state index contributed by atoms with van der Waals surface area (Å²) < 4.78 is 14.1. The van der Waals surface area contributed by atoms with Gasteiger partial charge < -0.3 is 10.6 Å². The Morgan fingerprint density at radius 2 is 1.75 bits per heavy atom. The zero-order chi connectivity index (χ0) is 14.7. The highest BCUT2D eigenvalue weighted by molar-refractivity contribution is 5.69. The van der Waals surface area contributed by atoms with Crippen LogP contribution in [0.25, 0.3) is 0 Å². The van der Waals surface area contributed by atoms with E-state index < -0.39 is 0 Å². The molecule has 0 amide bonds. The molecule has 0 bridgehead atoms. The molecular weight excluding hydrogens is 251 g/mol. The van der Waals surface area contributed by atoms with Gasteiger partial charge in [-0.1, -0.05) is 24.3 Å². The Morgan fingerprint density at radius 1 is 1.10 bits per heavy atom. The van der Waals surface area contributed by atoms with Crippen molar-refractivity contribution in [3.05, 3.63) is 59.4 Å². The molecule has 0 heterocycles. The summed E-state index contributed by atoms with van der Waals surface area (Å²) in [7, 11) is 0. The smallest absolute Gasteiger partial charge is 0.130 e. The van der Waals surface area contributed by atoms with Gasteiger partial charge in [-0.3, -0.25) is 0 Å². The predicted molar refractivity (Wildman–Crippen MR) is 82.9 cm³/mol. The van der Waals surface area contributed by atoms with E-state index in [0.717, 1.165) is 23.5 Å². The molecular formula is C17H21FN2. The SMILES string of the molecule is CCN(c1ccccc1C)c1cccc(F)c1C(C)N. The van der Waals surface area contributed by atoms with Gasteiger partial charge in [-0.2, -0.15) is 0 Å². The normalized spacial score (nSPS) is 12.2. The molecule has 0 aliphatic carbocycles. The Hall–Kier alpha value is -1.87. The maximum Gasteiger partial charge on any atom is 0.130 e. The largest absolute Gasteiger partial charge is 0.341 e. The van der Waals surface area contributed by atoms with E-state index in [4.69, 9.17) is 5.73 Å². The van der Waals surface area contributed by atoms with Crippen LogP contribution in [0.5, 0.6) is 0 Å². The molecule has 0 aromatic heterocycles. The van der Waals surface area contributed by atoms with Crippen LogP contribution < -0.4 is 10.6 Å². The van der Waals surface area contributed by atoms with Crippen LogP contribution in [0.3, 0.4) is 0 Å². The fraction of sp³-hybridized carbons (Fsp3) is 0.294. The number of anilines is 2. The molecule has 0 aliphatic rings. The number of halogens is 1. The van der Waals surface area contributed by atoms with E-state index >= 15 is 0 Å². The monoisotopic (exact) mass is 272 g/mol. The van der Waals surface area contributed by atoms with Crippen molar-refractivity contribution in [2.45, 2.75) is 26.8 Å². The summed E-state index contributed by atoms with van der Waals surface area (Å²) in [6.07, 6.45) is 0. The summed E-state index contributed by atoms with van der Waals surface area (Å²) >= 11 is 0. The highest BCUT2D eigenvalue weighted by Crippen LogP contribution is 2.34. The molecule has 1 unspecified atom stereocenters. The van der Waals surface area contributed by atoms with Crippen LogP contribution in [0.1, 0.15) is 31.0 Å². The average Bonchev–Trinajstić information content (AvgIpc) is 2.41. The van der Waals surface area contributed by atoms with Crippen molar-refractivity contribution in [2.75, 3.05) is 11.4 Å². The lowest BCUT2D eigenvalue weighted by molar-refractivity contribution is 0.593. The maximum absolute atomic E-state index is 14.1. The molecule has 2 N–H and O–H groups in total. The van der Waals surface area contributed by atoms with Gasteiger partial charge in [-0.15, -0.1) is 0 Å². The van der Waals surface area contributed by atoms with E-state index in [1.54, 1.807) is 6.07 Å². The molecule has 2 rings (SSSR count). The molecule has 0 fully saturated rings. The van der Waals surface area contributed by atoms with Gasteiger partial charge in [-0.25, -0.2) is 4.39 Å². The molecule has 0 aliphatic heterocycles. The Balaban J connectivity index is 2.59. The van der Waals surface area contributed by atoms with Crippen LogP contribution in [0, 0.1) is 12.7 Å². The average molecular weight is 272 g/mol. The molecule has 0 saturated heterocycles. The summed E-state index contributed by atoms with van der Waals surface area (Å²) in [6, 6.07) is 12.9.